The normalized spacial score (nSPS) is 10.7. The molecule has 0 spiro atoms. The fraction of sp³-hybridized carbons (Fsp3) is 0.538. The van der Waals surface area contributed by atoms with Crippen LogP contribution in [0.15, 0.2) is 12.1 Å². The molecule has 0 atom stereocenters. The lowest BCUT2D eigenvalue weighted by Gasteiger charge is -2.10. The summed E-state index contributed by atoms with van der Waals surface area (Å²) in [4.78, 5) is 0. The lowest BCUT2D eigenvalue weighted by atomic mass is 10.2. The van der Waals surface area contributed by atoms with Gasteiger partial charge in [0.1, 0.15) is 0 Å². The van der Waals surface area contributed by atoms with Crippen molar-refractivity contribution < 1.29 is 23.0 Å². The van der Waals surface area contributed by atoms with Crippen LogP contribution in [0.2, 0.25) is 0 Å². The molecule has 0 aliphatic heterocycles. The molecule has 1 aromatic rings. The Bertz CT molecular complexity index is 365. The quantitative estimate of drug-likeness (QED) is 0.699. The number of hydrogen-bond acceptors (Lipinski definition) is 4. The summed E-state index contributed by atoms with van der Waals surface area (Å²) < 4.78 is 42.1. The Morgan fingerprint density at radius 3 is 2.32 bits per heavy atom. The van der Waals surface area contributed by atoms with Gasteiger partial charge in [0, 0.05) is 26.7 Å². The Labute approximate surface area is 111 Å². The van der Waals surface area contributed by atoms with E-state index in [1.54, 1.807) is 7.11 Å². The van der Waals surface area contributed by atoms with Crippen molar-refractivity contribution >= 4 is 0 Å². The predicted molar refractivity (Wildman–Crippen MR) is 67.1 cm³/mol. The van der Waals surface area contributed by atoms with Crippen molar-refractivity contribution in [2.45, 2.75) is 13.0 Å². The van der Waals surface area contributed by atoms with Crippen LogP contribution in [0.5, 0.6) is 5.75 Å². The van der Waals surface area contributed by atoms with Crippen LogP contribution >= 0.6 is 0 Å². The van der Waals surface area contributed by atoms with Crippen LogP contribution in [0.25, 0.3) is 0 Å². The molecule has 4 nitrogen and oxygen atoms in total. The van der Waals surface area contributed by atoms with Gasteiger partial charge in [0.2, 0.25) is 0 Å². The molecule has 19 heavy (non-hydrogen) atoms. The lowest BCUT2D eigenvalue weighted by molar-refractivity contribution is 0.0640. The minimum atomic E-state index is -0.735. The van der Waals surface area contributed by atoms with E-state index in [1.807, 2.05) is 0 Å². The zero-order valence-electron chi connectivity index (χ0n) is 11.0. The molecule has 0 saturated carbocycles. The summed E-state index contributed by atoms with van der Waals surface area (Å²) in [5, 5.41) is 0. The van der Waals surface area contributed by atoms with Gasteiger partial charge in [0.05, 0.1) is 19.8 Å². The van der Waals surface area contributed by atoms with Gasteiger partial charge in [-0.05, 0) is 17.7 Å². The van der Waals surface area contributed by atoms with E-state index in [4.69, 9.17) is 19.9 Å². The molecule has 0 unspecified atom stereocenters. The maximum absolute atomic E-state index is 13.5. The number of ether oxygens (including phenoxy) is 3. The molecule has 6 heteroatoms. The second-order valence-electron chi connectivity index (χ2n) is 3.90. The molecule has 1 rings (SSSR count). The molecule has 0 aliphatic rings. The summed E-state index contributed by atoms with van der Waals surface area (Å²) in [6, 6.07) is 2.35. The third-order valence-electron chi connectivity index (χ3n) is 2.40. The van der Waals surface area contributed by atoms with Gasteiger partial charge in [-0.3, -0.25) is 0 Å². The lowest BCUT2D eigenvalue weighted by Crippen LogP contribution is -2.08. The van der Waals surface area contributed by atoms with Gasteiger partial charge in [0.25, 0.3) is 0 Å². The van der Waals surface area contributed by atoms with Gasteiger partial charge in [0.15, 0.2) is 17.4 Å². The Balaban J connectivity index is 2.33. The highest BCUT2D eigenvalue weighted by Crippen LogP contribution is 2.23. The van der Waals surface area contributed by atoms with E-state index < -0.39 is 11.6 Å². The van der Waals surface area contributed by atoms with Crippen LogP contribution in [0.4, 0.5) is 8.78 Å². The van der Waals surface area contributed by atoms with Gasteiger partial charge >= 0.3 is 0 Å². The average Bonchev–Trinajstić information content (AvgIpc) is 2.40. The minimum Gasteiger partial charge on any atom is -0.488 e. The predicted octanol–water partition coefficient (Wildman–Crippen LogP) is 1.86. The topological polar surface area (TPSA) is 53.7 Å². The van der Waals surface area contributed by atoms with Crippen LogP contribution in [0.3, 0.4) is 0 Å². The minimum absolute atomic E-state index is 0.0848. The van der Waals surface area contributed by atoms with E-state index in [0.29, 0.717) is 31.8 Å². The van der Waals surface area contributed by atoms with E-state index in [1.165, 1.54) is 12.1 Å². The van der Waals surface area contributed by atoms with E-state index in [-0.39, 0.29) is 18.9 Å². The molecule has 1 aromatic carbocycles. The van der Waals surface area contributed by atoms with Crippen molar-refractivity contribution in [3.63, 3.8) is 0 Å². The first-order valence-corrected chi connectivity index (χ1v) is 6.06. The van der Waals surface area contributed by atoms with Gasteiger partial charge < -0.3 is 19.9 Å². The van der Waals surface area contributed by atoms with E-state index in [0.717, 1.165) is 0 Å². The van der Waals surface area contributed by atoms with Gasteiger partial charge in [-0.15, -0.1) is 0 Å². The maximum Gasteiger partial charge on any atom is 0.190 e. The Hall–Kier alpha value is -1.24. The summed E-state index contributed by atoms with van der Waals surface area (Å²) >= 11 is 0. The first-order valence-electron chi connectivity index (χ1n) is 6.06. The molecular weight excluding hydrogens is 256 g/mol. The van der Waals surface area contributed by atoms with Crippen LogP contribution in [-0.2, 0) is 16.0 Å². The molecule has 0 aliphatic carbocycles. The molecule has 0 amide bonds. The highest BCUT2D eigenvalue weighted by atomic mass is 19.1. The summed E-state index contributed by atoms with van der Waals surface area (Å²) in [7, 11) is 1.59. The van der Waals surface area contributed by atoms with Crippen LogP contribution in [0.1, 0.15) is 12.0 Å². The van der Waals surface area contributed by atoms with Crippen molar-refractivity contribution in [3.8, 4) is 5.75 Å². The van der Waals surface area contributed by atoms with Crippen LogP contribution in [-0.4, -0.2) is 33.5 Å². The van der Waals surface area contributed by atoms with Crippen molar-refractivity contribution in [1.82, 2.24) is 0 Å². The number of rotatable bonds is 9. The Kier molecular flexibility index (Phi) is 7.32. The number of methoxy groups -OCH3 is 1. The van der Waals surface area contributed by atoms with Crippen molar-refractivity contribution in [3.05, 3.63) is 29.3 Å². The fourth-order valence-corrected chi connectivity index (χ4v) is 1.45. The maximum atomic E-state index is 13.5. The molecule has 0 bridgehead atoms. The zero-order chi connectivity index (χ0) is 14.1. The second-order valence-corrected chi connectivity index (χ2v) is 3.90. The van der Waals surface area contributed by atoms with Gasteiger partial charge in [-0.25, -0.2) is 8.78 Å². The van der Waals surface area contributed by atoms with Crippen LogP contribution in [0, 0.1) is 11.6 Å². The summed E-state index contributed by atoms with van der Waals surface area (Å²) in [5.41, 5.74) is 5.71. The monoisotopic (exact) mass is 275 g/mol. The average molecular weight is 275 g/mol. The van der Waals surface area contributed by atoms with E-state index in [9.17, 15) is 8.78 Å². The number of nitrogens with two attached hydrogens (primary N) is 1. The largest absolute Gasteiger partial charge is 0.488 e. The highest BCUT2D eigenvalue weighted by Gasteiger charge is 2.11. The Morgan fingerprint density at radius 2 is 1.74 bits per heavy atom. The molecule has 108 valence electrons. The standard InChI is InChI=1S/C13H19F2NO3/c1-17-5-6-18-3-2-4-19-13-11(14)7-10(9-16)8-12(13)15/h7-8H,2-6,9,16H2,1H3. The highest BCUT2D eigenvalue weighted by molar-refractivity contribution is 5.31. The molecule has 0 heterocycles. The first kappa shape index (κ1) is 15.8. The summed E-state index contributed by atoms with van der Waals surface area (Å²) in [5.74, 6) is -1.84. The summed E-state index contributed by atoms with van der Waals surface area (Å²) in [6.07, 6.45) is 0.543. The number of hydrogen-bond donors (Lipinski definition) is 1. The number of halogens is 2. The third kappa shape index (κ3) is 5.50. The molecule has 2 N–H and O–H groups in total. The molecule has 0 saturated heterocycles. The van der Waals surface area contributed by atoms with Crippen molar-refractivity contribution in [1.29, 1.82) is 0 Å². The number of benzene rings is 1. The fourth-order valence-electron chi connectivity index (χ4n) is 1.45. The molecular formula is C13H19F2NO3. The van der Waals surface area contributed by atoms with Crippen molar-refractivity contribution in [2.75, 3.05) is 33.5 Å². The first-order chi connectivity index (χ1) is 9.19. The molecule has 0 radical (unpaired) electrons. The molecule has 0 fully saturated rings. The smallest absolute Gasteiger partial charge is 0.190 e. The summed E-state index contributed by atoms with van der Waals surface area (Å²) in [6.45, 7) is 1.73. The second kappa shape index (κ2) is 8.79. The Morgan fingerprint density at radius 1 is 1.05 bits per heavy atom. The van der Waals surface area contributed by atoms with E-state index >= 15 is 0 Å². The van der Waals surface area contributed by atoms with Gasteiger partial charge in [-0.1, -0.05) is 0 Å². The molecule has 0 aromatic heterocycles. The van der Waals surface area contributed by atoms with Gasteiger partial charge in [-0.2, -0.15) is 0 Å². The van der Waals surface area contributed by atoms with E-state index in [2.05, 4.69) is 0 Å². The van der Waals surface area contributed by atoms with Crippen molar-refractivity contribution in [2.24, 2.45) is 5.73 Å². The third-order valence-corrected chi connectivity index (χ3v) is 2.40. The SMILES string of the molecule is COCCOCCCOc1c(F)cc(CN)cc1F. The van der Waals surface area contributed by atoms with Crippen LogP contribution < -0.4 is 10.5 Å². The zero-order valence-corrected chi connectivity index (χ0v) is 11.0.